The number of para-hydroxylation sites is 1. The van der Waals surface area contributed by atoms with Crippen LogP contribution in [0.4, 0.5) is 5.69 Å². The van der Waals surface area contributed by atoms with Gasteiger partial charge in [-0.2, -0.15) is 0 Å². The third kappa shape index (κ3) is 4.96. The molecule has 1 aromatic heterocycles. The summed E-state index contributed by atoms with van der Waals surface area (Å²) in [5.41, 5.74) is 10.9. The number of carbonyl (C=O) groups excluding carboxylic acids is 2. The summed E-state index contributed by atoms with van der Waals surface area (Å²) in [5.74, 6) is 0.438. The van der Waals surface area contributed by atoms with E-state index in [4.69, 9.17) is 14.1 Å². The van der Waals surface area contributed by atoms with E-state index in [1.807, 2.05) is 32.9 Å². The van der Waals surface area contributed by atoms with Crippen molar-refractivity contribution in [2.24, 2.45) is 11.8 Å². The van der Waals surface area contributed by atoms with Crippen molar-refractivity contribution in [2.75, 3.05) is 5.32 Å². The molecule has 0 saturated carbocycles. The molecule has 2 unspecified atom stereocenters. The fourth-order valence-electron chi connectivity index (χ4n) is 7.94. The van der Waals surface area contributed by atoms with Crippen molar-refractivity contribution in [2.45, 2.75) is 98.6 Å². The van der Waals surface area contributed by atoms with Gasteiger partial charge in [-0.1, -0.05) is 64.1 Å². The van der Waals surface area contributed by atoms with Crippen molar-refractivity contribution >= 4 is 17.5 Å². The molecule has 4 N–H and O–H groups in total. The maximum Gasteiger partial charge on any atom is 0.249 e. The first-order valence-electron chi connectivity index (χ1n) is 17.3. The molecular formula is C40H46N4O5. The van der Waals surface area contributed by atoms with Crippen LogP contribution in [0.15, 0.2) is 46.9 Å². The fraction of sp³-hybridized carbons (Fsp3) is 0.425. The molecule has 7 rings (SSSR count). The predicted molar refractivity (Wildman–Crippen MR) is 189 cm³/mol. The molecule has 3 aromatic carbocycles. The number of rotatable bonds is 5. The molecule has 4 heterocycles. The number of nitrogens with one attached hydrogen (secondary N) is 3. The van der Waals surface area contributed by atoms with Crippen molar-refractivity contribution < 1.29 is 23.8 Å². The molecule has 9 heteroatoms. The van der Waals surface area contributed by atoms with Crippen LogP contribution in [0.25, 0.3) is 11.1 Å². The molecule has 256 valence electrons. The minimum absolute atomic E-state index is 0.0759. The monoisotopic (exact) mass is 662 g/mol. The molecule has 3 aliphatic heterocycles. The standard InChI is InChI=1S/C40H46N4O5/c1-18(2)32-38-41-24(9)35(49-38)40-27-12-10-11-26(31-22(7)20(5)15-21(6)23(31)8)33(27)44-39(40)48-30-14-13-25(16-28(30)40)17-29(36(46)43-32)42-37(47)34(45)19(3)4/h10-16,18-19,29,32,34,39,44-45H,17H2,1-9H3,(H,42,47)(H,43,46)/t29-,32-,34-,39?,40?/m0/s1. The number of nitrogens with zero attached hydrogens (tertiary/aromatic N) is 1. The lowest BCUT2D eigenvalue weighted by atomic mass is 9.72. The SMILES string of the molecule is Cc1cc(C)c(C)c(-c2cccc3c2NC2Oc4ccc5cc4C32c2oc(nc2C)[C@H](C(C)C)NC(=O)[C@@H](NC(=O)[C@@H](O)C(C)C)C5)c1C. The lowest BCUT2D eigenvalue weighted by molar-refractivity contribution is -0.135. The third-order valence-corrected chi connectivity index (χ3v) is 10.9. The first-order valence-corrected chi connectivity index (χ1v) is 17.3. The van der Waals surface area contributed by atoms with Crippen molar-refractivity contribution in [3.05, 3.63) is 98.8 Å². The van der Waals surface area contributed by atoms with Gasteiger partial charge in [0.25, 0.3) is 0 Å². The van der Waals surface area contributed by atoms with E-state index in [0.717, 1.165) is 27.9 Å². The third-order valence-electron chi connectivity index (χ3n) is 10.9. The van der Waals surface area contributed by atoms with Crippen molar-refractivity contribution in [3.63, 3.8) is 0 Å². The Balaban J connectivity index is 1.47. The van der Waals surface area contributed by atoms with Crippen LogP contribution in [0.5, 0.6) is 5.75 Å². The van der Waals surface area contributed by atoms with Gasteiger partial charge in [0.05, 0.1) is 5.69 Å². The van der Waals surface area contributed by atoms with E-state index in [0.29, 0.717) is 23.1 Å². The van der Waals surface area contributed by atoms with Gasteiger partial charge in [0.2, 0.25) is 17.7 Å². The van der Waals surface area contributed by atoms with Gasteiger partial charge in [0.15, 0.2) is 6.23 Å². The molecule has 4 bridgehead atoms. The van der Waals surface area contributed by atoms with Crippen molar-refractivity contribution in [1.82, 2.24) is 15.6 Å². The molecule has 1 spiro atoms. The van der Waals surface area contributed by atoms with Crippen LogP contribution in [-0.4, -0.2) is 40.3 Å². The highest BCUT2D eigenvalue weighted by molar-refractivity contribution is 5.91. The van der Waals surface area contributed by atoms with Crippen LogP contribution in [0.2, 0.25) is 0 Å². The first kappa shape index (κ1) is 32.9. The van der Waals surface area contributed by atoms with E-state index in [9.17, 15) is 14.7 Å². The summed E-state index contributed by atoms with van der Waals surface area (Å²) in [4.78, 5) is 32.0. The maximum absolute atomic E-state index is 13.9. The topological polar surface area (TPSA) is 126 Å². The molecule has 3 aliphatic rings. The average Bonchev–Trinajstić information content (AvgIpc) is 3.69. The number of amides is 2. The number of carbonyl (C=O) groups is 2. The number of fused-ring (bicyclic) bond motifs is 4. The zero-order valence-corrected chi connectivity index (χ0v) is 29.7. The van der Waals surface area contributed by atoms with Gasteiger partial charge in [0.1, 0.15) is 35.1 Å². The van der Waals surface area contributed by atoms with E-state index in [2.05, 4.69) is 74.0 Å². The number of hydrogen-bond acceptors (Lipinski definition) is 7. The van der Waals surface area contributed by atoms with Gasteiger partial charge in [0, 0.05) is 28.8 Å². The highest BCUT2D eigenvalue weighted by Crippen LogP contribution is 2.60. The number of anilines is 1. The minimum Gasteiger partial charge on any atom is -0.469 e. The Hall–Kier alpha value is -4.63. The first-order chi connectivity index (χ1) is 23.2. The molecule has 5 atom stereocenters. The summed E-state index contributed by atoms with van der Waals surface area (Å²) in [6, 6.07) is 13.1. The van der Waals surface area contributed by atoms with E-state index < -0.39 is 35.7 Å². The van der Waals surface area contributed by atoms with Gasteiger partial charge in [-0.25, -0.2) is 4.98 Å². The van der Waals surface area contributed by atoms with Gasteiger partial charge in [-0.05, 0) is 85.9 Å². The number of ether oxygens (including phenoxy) is 1. The zero-order valence-electron chi connectivity index (χ0n) is 29.7. The van der Waals surface area contributed by atoms with E-state index in [1.165, 1.54) is 27.8 Å². The lowest BCUT2D eigenvalue weighted by Gasteiger charge is -2.29. The fourth-order valence-corrected chi connectivity index (χ4v) is 7.94. The molecule has 4 aromatic rings. The van der Waals surface area contributed by atoms with E-state index in [1.54, 1.807) is 13.8 Å². The molecule has 49 heavy (non-hydrogen) atoms. The zero-order chi connectivity index (χ0) is 35.1. The van der Waals surface area contributed by atoms with Crippen LogP contribution in [0.1, 0.15) is 90.0 Å². The smallest absolute Gasteiger partial charge is 0.249 e. The van der Waals surface area contributed by atoms with Crippen molar-refractivity contribution in [1.29, 1.82) is 0 Å². The van der Waals surface area contributed by atoms with Gasteiger partial charge in [-0.15, -0.1) is 0 Å². The largest absolute Gasteiger partial charge is 0.469 e. The summed E-state index contributed by atoms with van der Waals surface area (Å²) >= 11 is 0. The van der Waals surface area contributed by atoms with Crippen LogP contribution in [0, 0.1) is 46.5 Å². The number of aliphatic hydroxyl groups excluding tert-OH is 1. The molecule has 0 saturated heterocycles. The lowest BCUT2D eigenvalue weighted by Crippen LogP contribution is -2.52. The molecule has 0 aliphatic carbocycles. The van der Waals surface area contributed by atoms with Crippen LogP contribution in [-0.2, 0) is 21.4 Å². The number of aliphatic hydroxyl groups is 1. The van der Waals surface area contributed by atoms with Crippen LogP contribution < -0.4 is 20.7 Å². The molecule has 2 amide bonds. The average molecular weight is 663 g/mol. The highest BCUT2D eigenvalue weighted by Gasteiger charge is 2.60. The Labute approximate surface area is 287 Å². The summed E-state index contributed by atoms with van der Waals surface area (Å²) in [5, 5.41) is 20.3. The second-order valence-corrected chi connectivity index (χ2v) is 14.8. The molecule has 0 fully saturated rings. The normalized spacial score (nSPS) is 22.8. The van der Waals surface area contributed by atoms with Crippen LogP contribution >= 0.6 is 0 Å². The highest BCUT2D eigenvalue weighted by atomic mass is 16.5. The second kappa shape index (κ2) is 11.8. The molecule has 0 radical (unpaired) electrons. The van der Waals surface area contributed by atoms with Crippen molar-refractivity contribution in [3.8, 4) is 16.9 Å². The predicted octanol–water partition coefficient (Wildman–Crippen LogP) is 6.23. The molecular weight excluding hydrogens is 616 g/mol. The quantitative estimate of drug-likeness (QED) is 0.200. The Kier molecular flexibility index (Phi) is 7.89. The number of aromatic nitrogens is 1. The summed E-state index contributed by atoms with van der Waals surface area (Å²) in [6.45, 7) is 18.2. The number of benzene rings is 3. The Morgan fingerprint density at radius 2 is 1.69 bits per heavy atom. The van der Waals surface area contributed by atoms with E-state index >= 15 is 0 Å². The van der Waals surface area contributed by atoms with Gasteiger partial charge >= 0.3 is 0 Å². The van der Waals surface area contributed by atoms with Crippen LogP contribution in [0.3, 0.4) is 0 Å². The number of oxazole rings is 1. The Morgan fingerprint density at radius 1 is 0.980 bits per heavy atom. The summed E-state index contributed by atoms with van der Waals surface area (Å²) in [7, 11) is 0. The van der Waals surface area contributed by atoms with Gasteiger partial charge < -0.3 is 30.2 Å². The van der Waals surface area contributed by atoms with Gasteiger partial charge in [-0.3, -0.25) is 9.59 Å². The summed E-state index contributed by atoms with van der Waals surface area (Å²) in [6.07, 6.45) is -1.55. The second-order valence-electron chi connectivity index (χ2n) is 14.8. The molecule has 9 nitrogen and oxygen atoms in total. The number of hydrogen-bond donors (Lipinski definition) is 4. The minimum atomic E-state index is -1.25. The number of aryl methyl sites for hydroxylation is 3. The Morgan fingerprint density at radius 3 is 2.37 bits per heavy atom. The summed E-state index contributed by atoms with van der Waals surface area (Å²) < 4.78 is 13.6. The van der Waals surface area contributed by atoms with E-state index in [-0.39, 0.29) is 24.2 Å². The maximum atomic E-state index is 13.9. The Bertz CT molecular complexity index is 1990.